The Balaban J connectivity index is 1.82. The largest absolute Gasteiger partial charge is 0.455 e. The highest BCUT2D eigenvalue weighted by atomic mass is 32.2. The lowest BCUT2D eigenvalue weighted by atomic mass is 10.1. The number of rotatable bonds is 9. The maximum absolute atomic E-state index is 11.9. The van der Waals surface area contributed by atoms with Gasteiger partial charge in [0.2, 0.25) is 0 Å². The fraction of sp³-hybridized carbons (Fsp3) is 0.318. The summed E-state index contributed by atoms with van der Waals surface area (Å²) in [4.78, 5) is 23.6. The number of nitrogens with one attached hydrogen (secondary N) is 1. The highest BCUT2D eigenvalue weighted by Gasteiger charge is 2.14. The molecule has 0 fully saturated rings. The lowest BCUT2D eigenvalue weighted by molar-refractivity contribution is 0.0927. The molecule has 152 valence electrons. The summed E-state index contributed by atoms with van der Waals surface area (Å²) in [6.45, 7) is 8.43. The molecule has 0 spiro atoms. The van der Waals surface area contributed by atoms with Gasteiger partial charge in [-0.3, -0.25) is 4.79 Å². The Labute approximate surface area is 175 Å². The molecule has 0 bridgehead atoms. The van der Waals surface area contributed by atoms with E-state index >= 15 is 0 Å². The molecular weight excluding hydrogens is 384 g/mol. The number of benzene rings is 1. The number of thioether (sulfide) groups is 1. The molecule has 29 heavy (non-hydrogen) atoms. The van der Waals surface area contributed by atoms with Crippen LogP contribution in [0, 0.1) is 0 Å². The predicted molar refractivity (Wildman–Crippen MR) is 117 cm³/mol. The number of hydrogen-bond acceptors (Lipinski definition) is 6. The van der Waals surface area contributed by atoms with E-state index in [2.05, 4.69) is 24.1 Å². The third kappa shape index (κ3) is 5.38. The van der Waals surface area contributed by atoms with Gasteiger partial charge in [-0.25, -0.2) is 9.97 Å². The smallest absolute Gasteiger partial charge is 0.286 e. The van der Waals surface area contributed by atoms with Gasteiger partial charge in [0.1, 0.15) is 11.6 Å². The Morgan fingerprint density at radius 3 is 2.52 bits per heavy atom. The monoisotopic (exact) mass is 410 g/mol. The van der Waals surface area contributed by atoms with Crippen LogP contribution in [0.15, 0.2) is 58.1 Å². The van der Waals surface area contributed by atoms with Crippen molar-refractivity contribution < 1.29 is 9.21 Å². The highest BCUT2D eigenvalue weighted by molar-refractivity contribution is 7.98. The Hall–Kier alpha value is -2.80. The van der Waals surface area contributed by atoms with Crippen molar-refractivity contribution in [2.75, 3.05) is 24.5 Å². The van der Waals surface area contributed by atoms with Crippen LogP contribution in [0.4, 0.5) is 5.82 Å². The zero-order valence-electron chi connectivity index (χ0n) is 17.0. The van der Waals surface area contributed by atoms with E-state index < -0.39 is 0 Å². The number of carbonyl (C=O) groups excluding carboxylic acids is 1. The molecule has 0 saturated carbocycles. The summed E-state index contributed by atoms with van der Waals surface area (Å²) in [6, 6.07) is 15.7. The highest BCUT2D eigenvalue weighted by Crippen LogP contribution is 2.27. The van der Waals surface area contributed by atoms with Gasteiger partial charge < -0.3 is 14.6 Å². The van der Waals surface area contributed by atoms with Gasteiger partial charge in [0, 0.05) is 31.3 Å². The minimum absolute atomic E-state index is 0.199. The predicted octanol–water partition coefficient (Wildman–Crippen LogP) is 4.62. The molecule has 1 N–H and O–H groups in total. The Morgan fingerprint density at radius 1 is 1.07 bits per heavy atom. The molecule has 3 aromatic rings. The summed E-state index contributed by atoms with van der Waals surface area (Å²) in [6.07, 6.45) is 0. The van der Waals surface area contributed by atoms with Crippen LogP contribution in [0.3, 0.4) is 0 Å². The Bertz CT molecular complexity index is 939. The maximum atomic E-state index is 11.9. The van der Waals surface area contributed by atoms with Crippen LogP contribution >= 0.6 is 11.8 Å². The first-order valence-corrected chi connectivity index (χ1v) is 10.8. The third-order valence-electron chi connectivity index (χ3n) is 4.42. The van der Waals surface area contributed by atoms with Crippen LogP contribution < -0.4 is 10.2 Å². The second kappa shape index (κ2) is 10.1. The van der Waals surface area contributed by atoms with E-state index in [-0.39, 0.29) is 5.91 Å². The summed E-state index contributed by atoms with van der Waals surface area (Å²) < 4.78 is 5.66. The molecule has 6 nitrogen and oxygen atoms in total. The van der Waals surface area contributed by atoms with E-state index in [0.717, 1.165) is 30.2 Å². The molecule has 3 rings (SSSR count). The number of anilines is 1. The van der Waals surface area contributed by atoms with Crippen LogP contribution in [0.1, 0.15) is 37.1 Å². The number of hydrogen-bond donors (Lipinski definition) is 1. The number of nitrogens with zero attached hydrogens (tertiary/aromatic N) is 3. The minimum atomic E-state index is -0.199. The van der Waals surface area contributed by atoms with Gasteiger partial charge in [0.05, 0.1) is 11.4 Å². The lowest BCUT2D eigenvalue weighted by Gasteiger charge is -2.20. The molecule has 1 amide bonds. The summed E-state index contributed by atoms with van der Waals surface area (Å²) >= 11 is 1.50. The second-order valence-corrected chi connectivity index (χ2v) is 7.29. The molecule has 0 atom stereocenters. The maximum Gasteiger partial charge on any atom is 0.286 e. The first kappa shape index (κ1) is 20.9. The number of carbonyl (C=O) groups is 1. The van der Waals surface area contributed by atoms with Crippen LogP contribution in [-0.4, -0.2) is 35.5 Å². The molecule has 7 heteroatoms. The van der Waals surface area contributed by atoms with Crippen molar-refractivity contribution in [2.45, 2.75) is 31.7 Å². The summed E-state index contributed by atoms with van der Waals surface area (Å²) in [7, 11) is 0. The first-order valence-electron chi connectivity index (χ1n) is 9.83. The lowest BCUT2D eigenvalue weighted by Crippen LogP contribution is -2.23. The van der Waals surface area contributed by atoms with Gasteiger partial charge in [-0.05, 0) is 32.9 Å². The topological polar surface area (TPSA) is 71.3 Å². The second-order valence-electron chi connectivity index (χ2n) is 6.35. The van der Waals surface area contributed by atoms with Gasteiger partial charge in [0.25, 0.3) is 5.91 Å². The third-order valence-corrected chi connectivity index (χ3v) is 5.29. The zero-order valence-corrected chi connectivity index (χ0v) is 17.8. The van der Waals surface area contributed by atoms with Gasteiger partial charge in [-0.1, -0.05) is 42.1 Å². The van der Waals surface area contributed by atoms with Crippen molar-refractivity contribution >= 4 is 23.5 Å². The zero-order chi connectivity index (χ0) is 20.6. The summed E-state index contributed by atoms with van der Waals surface area (Å²) in [5.74, 6) is 2.30. The quantitative estimate of drug-likeness (QED) is 0.410. The Morgan fingerprint density at radius 2 is 1.83 bits per heavy atom. The average Bonchev–Trinajstić information content (AvgIpc) is 3.23. The van der Waals surface area contributed by atoms with Crippen molar-refractivity contribution in [1.29, 1.82) is 0 Å². The first-order chi connectivity index (χ1) is 14.1. The molecule has 0 radical (unpaired) electrons. The van der Waals surface area contributed by atoms with E-state index in [9.17, 15) is 4.79 Å². The van der Waals surface area contributed by atoms with E-state index in [1.165, 1.54) is 11.8 Å². The van der Waals surface area contributed by atoms with E-state index in [1.54, 1.807) is 6.07 Å². The van der Waals surface area contributed by atoms with Crippen molar-refractivity contribution in [3.05, 3.63) is 60.1 Å². The van der Waals surface area contributed by atoms with Crippen molar-refractivity contribution in [1.82, 2.24) is 15.3 Å². The summed E-state index contributed by atoms with van der Waals surface area (Å²) in [5, 5.41) is 3.42. The molecule has 0 saturated heterocycles. The van der Waals surface area contributed by atoms with Gasteiger partial charge >= 0.3 is 0 Å². The average molecular weight is 411 g/mol. The van der Waals surface area contributed by atoms with Gasteiger partial charge in [-0.2, -0.15) is 0 Å². The van der Waals surface area contributed by atoms with E-state index in [1.807, 2.05) is 49.4 Å². The molecule has 0 unspecified atom stereocenters. The van der Waals surface area contributed by atoms with Crippen LogP contribution in [0.25, 0.3) is 11.3 Å². The van der Waals surface area contributed by atoms with Crippen LogP contribution in [0.2, 0.25) is 0 Å². The molecule has 0 aliphatic rings. The number of furan rings is 1. The SMILES string of the molecule is CCNC(=O)c1ccc(CSc2nc(-c3ccccc3)cc(N(CC)CC)n2)o1. The molecular formula is C22H26N4O2S. The molecule has 2 heterocycles. The number of aromatic nitrogens is 2. The molecule has 0 aliphatic heterocycles. The standard InChI is InChI=1S/C22H26N4O2S/c1-4-23-21(27)19-13-12-17(28-19)15-29-22-24-18(16-10-8-7-9-11-16)14-20(25-22)26(5-2)6-3/h7-14H,4-6,15H2,1-3H3,(H,23,27). The Kier molecular flexibility index (Phi) is 7.30. The molecule has 1 aromatic carbocycles. The molecule has 2 aromatic heterocycles. The van der Waals surface area contributed by atoms with E-state index in [4.69, 9.17) is 14.4 Å². The van der Waals surface area contributed by atoms with Crippen molar-refractivity contribution in [3.8, 4) is 11.3 Å². The normalized spacial score (nSPS) is 10.7. The van der Waals surface area contributed by atoms with Crippen LogP contribution in [-0.2, 0) is 5.75 Å². The van der Waals surface area contributed by atoms with Crippen molar-refractivity contribution in [3.63, 3.8) is 0 Å². The fourth-order valence-corrected chi connectivity index (χ4v) is 3.65. The van der Waals surface area contributed by atoms with Crippen molar-refractivity contribution in [2.24, 2.45) is 0 Å². The van der Waals surface area contributed by atoms with E-state index in [0.29, 0.717) is 29.0 Å². The summed E-state index contributed by atoms with van der Waals surface area (Å²) in [5.41, 5.74) is 1.95. The van der Waals surface area contributed by atoms with Crippen LogP contribution in [0.5, 0.6) is 0 Å². The minimum Gasteiger partial charge on any atom is -0.455 e. The molecule has 0 aliphatic carbocycles. The fourth-order valence-electron chi connectivity index (χ4n) is 2.90. The van der Waals surface area contributed by atoms with Gasteiger partial charge in [-0.15, -0.1) is 0 Å². The number of amides is 1. The van der Waals surface area contributed by atoms with Gasteiger partial charge in [0.15, 0.2) is 10.9 Å².